The molecule has 0 aromatic carbocycles. The summed E-state index contributed by atoms with van der Waals surface area (Å²) in [5.41, 5.74) is 2.72. The van der Waals surface area contributed by atoms with Crippen molar-refractivity contribution in [2.24, 2.45) is 18.0 Å². The predicted octanol–water partition coefficient (Wildman–Crippen LogP) is 3.12. The van der Waals surface area contributed by atoms with Gasteiger partial charge in [-0.25, -0.2) is 0 Å². The van der Waals surface area contributed by atoms with Crippen LogP contribution in [0.1, 0.15) is 37.3 Å². The summed E-state index contributed by atoms with van der Waals surface area (Å²) in [6, 6.07) is 2.21. The summed E-state index contributed by atoms with van der Waals surface area (Å²) in [5.74, 6) is 2.22. The fourth-order valence-electron chi connectivity index (χ4n) is 3.41. The number of hydrogen-bond donors (Lipinski definition) is 1. The van der Waals surface area contributed by atoms with Gasteiger partial charge in [0, 0.05) is 45.3 Å². The minimum atomic E-state index is 0.466. The quantitative estimate of drug-likeness (QED) is 0.637. The number of likely N-dealkylation sites (tertiary alicyclic amines) is 1. The maximum atomic E-state index is 4.92. The average Bonchev–Trinajstić information content (AvgIpc) is 3.33. The summed E-state index contributed by atoms with van der Waals surface area (Å²) in [4.78, 5) is 7.34. The van der Waals surface area contributed by atoms with Gasteiger partial charge in [-0.2, -0.15) is 16.4 Å². The molecule has 2 unspecified atom stereocenters. The van der Waals surface area contributed by atoms with E-state index in [4.69, 9.17) is 4.99 Å². The highest BCUT2D eigenvalue weighted by molar-refractivity contribution is 7.07. The number of guanidine groups is 1. The molecule has 0 saturated carbocycles. The average molecular weight is 360 g/mol. The molecule has 136 valence electrons. The lowest BCUT2D eigenvalue weighted by molar-refractivity contribution is 0.459. The maximum Gasteiger partial charge on any atom is 0.193 e. The number of aromatic nitrogens is 2. The van der Waals surface area contributed by atoms with Crippen LogP contribution >= 0.6 is 11.3 Å². The third-order valence-corrected chi connectivity index (χ3v) is 5.53. The number of nitrogens with one attached hydrogen (secondary N) is 1. The normalized spacial score (nSPS) is 19.4. The number of thiophene rings is 1. The first-order chi connectivity index (χ1) is 12.2. The number of nitrogens with zero attached hydrogens (tertiary/aromatic N) is 4. The van der Waals surface area contributed by atoms with Gasteiger partial charge in [-0.1, -0.05) is 6.92 Å². The van der Waals surface area contributed by atoms with Gasteiger partial charge in [-0.15, -0.1) is 0 Å². The van der Waals surface area contributed by atoms with E-state index < -0.39 is 0 Å². The highest BCUT2D eigenvalue weighted by Crippen LogP contribution is 2.22. The highest BCUT2D eigenvalue weighted by Gasteiger charge is 2.25. The summed E-state index contributed by atoms with van der Waals surface area (Å²) >= 11 is 1.76. The molecule has 5 nitrogen and oxygen atoms in total. The fourth-order valence-corrected chi connectivity index (χ4v) is 4.19. The standard InChI is InChI=1S/C19H29N5S/c1-4-20-19(21-10-15(2)18-6-8-25-14-18)24-7-5-16(13-24)9-17-11-22-23(3)12-17/h6,8,11-12,14-16H,4-5,7,9-10,13H2,1-3H3,(H,20,21). The summed E-state index contributed by atoms with van der Waals surface area (Å²) in [6.07, 6.45) is 6.45. The van der Waals surface area contributed by atoms with E-state index in [9.17, 15) is 0 Å². The molecule has 2 aromatic rings. The molecule has 1 aliphatic heterocycles. The molecule has 0 radical (unpaired) electrons. The Balaban J connectivity index is 1.57. The van der Waals surface area contributed by atoms with Gasteiger partial charge < -0.3 is 10.2 Å². The van der Waals surface area contributed by atoms with E-state index in [-0.39, 0.29) is 0 Å². The zero-order valence-corrected chi connectivity index (χ0v) is 16.3. The van der Waals surface area contributed by atoms with Crippen LogP contribution < -0.4 is 5.32 Å². The molecule has 1 fully saturated rings. The molecule has 3 heterocycles. The lowest BCUT2D eigenvalue weighted by atomic mass is 10.0. The van der Waals surface area contributed by atoms with Crippen molar-refractivity contribution in [1.82, 2.24) is 20.0 Å². The number of aryl methyl sites for hydroxylation is 1. The van der Waals surface area contributed by atoms with Crippen molar-refractivity contribution >= 4 is 17.3 Å². The van der Waals surface area contributed by atoms with Gasteiger partial charge in [0.2, 0.25) is 0 Å². The predicted molar refractivity (Wildman–Crippen MR) is 105 cm³/mol. The van der Waals surface area contributed by atoms with Crippen LogP contribution in [0.3, 0.4) is 0 Å². The van der Waals surface area contributed by atoms with E-state index >= 15 is 0 Å². The van der Waals surface area contributed by atoms with Gasteiger partial charge in [0.05, 0.1) is 6.20 Å². The second-order valence-electron chi connectivity index (χ2n) is 6.98. The van der Waals surface area contributed by atoms with Gasteiger partial charge >= 0.3 is 0 Å². The minimum absolute atomic E-state index is 0.466. The summed E-state index contributed by atoms with van der Waals surface area (Å²) in [6.45, 7) is 8.31. The zero-order valence-electron chi connectivity index (χ0n) is 15.5. The first-order valence-corrected chi connectivity index (χ1v) is 10.1. The second-order valence-corrected chi connectivity index (χ2v) is 7.76. The lowest BCUT2D eigenvalue weighted by Crippen LogP contribution is -2.40. The lowest BCUT2D eigenvalue weighted by Gasteiger charge is -2.22. The molecular formula is C19H29N5S. The summed E-state index contributed by atoms with van der Waals surface area (Å²) in [5, 5.41) is 12.1. The molecule has 1 saturated heterocycles. The van der Waals surface area contributed by atoms with Crippen LogP contribution in [0.2, 0.25) is 0 Å². The van der Waals surface area contributed by atoms with Crippen molar-refractivity contribution in [3.63, 3.8) is 0 Å². The monoisotopic (exact) mass is 359 g/mol. The molecule has 0 amide bonds. The third-order valence-electron chi connectivity index (χ3n) is 4.83. The number of aliphatic imine (C=N–C) groups is 1. The van der Waals surface area contributed by atoms with E-state index in [0.717, 1.165) is 38.6 Å². The molecule has 6 heteroatoms. The molecule has 2 atom stereocenters. The Kier molecular flexibility index (Phi) is 6.13. The van der Waals surface area contributed by atoms with E-state index in [2.05, 4.69) is 52.2 Å². The van der Waals surface area contributed by atoms with E-state index in [1.54, 1.807) is 11.3 Å². The smallest absolute Gasteiger partial charge is 0.193 e. The largest absolute Gasteiger partial charge is 0.357 e. The maximum absolute atomic E-state index is 4.92. The number of hydrogen-bond acceptors (Lipinski definition) is 3. The molecule has 25 heavy (non-hydrogen) atoms. The van der Waals surface area contributed by atoms with Crippen molar-refractivity contribution in [2.45, 2.75) is 32.6 Å². The minimum Gasteiger partial charge on any atom is -0.357 e. The van der Waals surface area contributed by atoms with Gasteiger partial charge in [0.25, 0.3) is 0 Å². The van der Waals surface area contributed by atoms with Crippen LogP contribution in [-0.4, -0.2) is 46.8 Å². The fraction of sp³-hybridized carbons (Fsp3) is 0.579. The van der Waals surface area contributed by atoms with Crippen LogP contribution in [-0.2, 0) is 13.5 Å². The van der Waals surface area contributed by atoms with Crippen LogP contribution in [0.5, 0.6) is 0 Å². The molecular weight excluding hydrogens is 330 g/mol. The Morgan fingerprint density at radius 1 is 1.52 bits per heavy atom. The Morgan fingerprint density at radius 3 is 3.08 bits per heavy atom. The van der Waals surface area contributed by atoms with Crippen molar-refractivity contribution in [1.29, 1.82) is 0 Å². The molecule has 0 aliphatic carbocycles. The summed E-state index contributed by atoms with van der Waals surface area (Å²) in [7, 11) is 1.98. The van der Waals surface area contributed by atoms with Gasteiger partial charge in [-0.3, -0.25) is 9.67 Å². The molecule has 3 rings (SSSR count). The Labute approximate surface area is 154 Å². The second kappa shape index (κ2) is 8.52. The van der Waals surface area contributed by atoms with Crippen LogP contribution in [0, 0.1) is 5.92 Å². The van der Waals surface area contributed by atoms with Crippen molar-refractivity contribution in [2.75, 3.05) is 26.2 Å². The molecule has 1 N–H and O–H groups in total. The van der Waals surface area contributed by atoms with E-state index in [1.807, 2.05) is 17.9 Å². The van der Waals surface area contributed by atoms with E-state index in [0.29, 0.717) is 11.8 Å². The Morgan fingerprint density at radius 2 is 2.40 bits per heavy atom. The van der Waals surface area contributed by atoms with Crippen LogP contribution in [0.4, 0.5) is 0 Å². The van der Waals surface area contributed by atoms with Crippen LogP contribution in [0.25, 0.3) is 0 Å². The van der Waals surface area contributed by atoms with E-state index in [1.165, 1.54) is 17.5 Å². The molecule has 0 bridgehead atoms. The topological polar surface area (TPSA) is 45.5 Å². The van der Waals surface area contributed by atoms with Gasteiger partial charge in [0.15, 0.2) is 5.96 Å². The zero-order chi connectivity index (χ0) is 17.6. The number of rotatable bonds is 6. The SMILES string of the molecule is CCNC(=NCC(C)c1ccsc1)N1CCC(Cc2cnn(C)c2)C1. The molecule has 0 spiro atoms. The Hall–Kier alpha value is -1.82. The highest BCUT2D eigenvalue weighted by atomic mass is 32.1. The van der Waals surface area contributed by atoms with Crippen LogP contribution in [0.15, 0.2) is 34.2 Å². The van der Waals surface area contributed by atoms with Crippen molar-refractivity contribution in [3.05, 3.63) is 40.3 Å². The first-order valence-electron chi connectivity index (χ1n) is 9.18. The molecule has 2 aromatic heterocycles. The van der Waals surface area contributed by atoms with Crippen molar-refractivity contribution < 1.29 is 0 Å². The van der Waals surface area contributed by atoms with Crippen molar-refractivity contribution in [3.8, 4) is 0 Å². The van der Waals surface area contributed by atoms with Gasteiger partial charge in [0.1, 0.15) is 0 Å². The van der Waals surface area contributed by atoms with Gasteiger partial charge in [-0.05, 0) is 53.6 Å². The summed E-state index contributed by atoms with van der Waals surface area (Å²) < 4.78 is 1.89. The third kappa shape index (κ3) is 4.84. The molecule has 1 aliphatic rings. The Bertz CT molecular complexity index is 676. The first kappa shape index (κ1) is 18.0.